The van der Waals surface area contributed by atoms with Crippen molar-refractivity contribution in [3.05, 3.63) is 212 Å². The molecule has 0 atom stereocenters. The van der Waals surface area contributed by atoms with Gasteiger partial charge in [0, 0.05) is 44.9 Å². The maximum atomic E-state index is 6.83. The number of aromatic nitrogens is 1. The van der Waals surface area contributed by atoms with Crippen molar-refractivity contribution in [2.75, 3.05) is 9.80 Å². The largest absolute Gasteiger partial charge is 0.456 e. The van der Waals surface area contributed by atoms with Crippen molar-refractivity contribution < 1.29 is 13.3 Å². The number of nitrogens with zero attached hydrogens (tertiary/aromatic N) is 3. The Labute approximate surface area is 350 Å². The molecular formula is C55H35N3O3. The fraction of sp³-hybridized carbons (Fsp3) is 0. The molecule has 6 heteroatoms. The average Bonchev–Trinajstić information content (AvgIpc) is 4.04. The van der Waals surface area contributed by atoms with Crippen LogP contribution in [0.5, 0.6) is 0 Å². The second kappa shape index (κ2) is 14.2. The zero-order valence-electron chi connectivity index (χ0n) is 32.8. The Bertz CT molecular complexity index is 3550. The molecule has 0 saturated heterocycles. The first-order valence-electron chi connectivity index (χ1n) is 20.4. The lowest BCUT2D eigenvalue weighted by molar-refractivity contribution is 0.620. The van der Waals surface area contributed by atoms with Crippen LogP contribution in [-0.4, -0.2) is 4.98 Å². The Balaban J connectivity index is 1.17. The van der Waals surface area contributed by atoms with Crippen molar-refractivity contribution in [1.82, 2.24) is 4.98 Å². The molecule has 3 aromatic heterocycles. The maximum Gasteiger partial charge on any atom is 0.227 e. The monoisotopic (exact) mass is 785 g/mol. The number of anilines is 6. The van der Waals surface area contributed by atoms with E-state index >= 15 is 0 Å². The molecule has 0 aliphatic heterocycles. The van der Waals surface area contributed by atoms with E-state index in [0.717, 1.165) is 100 Å². The van der Waals surface area contributed by atoms with Crippen LogP contribution in [0.3, 0.4) is 0 Å². The van der Waals surface area contributed by atoms with E-state index in [2.05, 4.69) is 149 Å². The molecule has 0 N–H and O–H groups in total. The van der Waals surface area contributed by atoms with Gasteiger partial charge in [-0.25, -0.2) is 4.98 Å². The Kier molecular flexibility index (Phi) is 8.06. The highest BCUT2D eigenvalue weighted by atomic mass is 16.3. The molecule has 12 aromatic rings. The van der Waals surface area contributed by atoms with E-state index in [9.17, 15) is 0 Å². The van der Waals surface area contributed by atoms with Gasteiger partial charge in [-0.2, -0.15) is 0 Å². The van der Waals surface area contributed by atoms with Crippen LogP contribution in [0.1, 0.15) is 0 Å². The number of oxazole rings is 1. The number of fused-ring (bicyclic) bond motifs is 7. The highest BCUT2D eigenvalue weighted by molar-refractivity contribution is 6.14. The van der Waals surface area contributed by atoms with Crippen molar-refractivity contribution in [2.45, 2.75) is 0 Å². The van der Waals surface area contributed by atoms with Gasteiger partial charge in [-0.15, -0.1) is 0 Å². The molecule has 0 fully saturated rings. The summed E-state index contributed by atoms with van der Waals surface area (Å²) in [5, 5.41) is 4.15. The molecule has 61 heavy (non-hydrogen) atoms. The lowest BCUT2D eigenvalue weighted by Gasteiger charge is -2.30. The van der Waals surface area contributed by atoms with Crippen LogP contribution in [0.2, 0.25) is 0 Å². The first kappa shape index (κ1) is 34.7. The Morgan fingerprint density at radius 1 is 0.311 bits per heavy atom. The van der Waals surface area contributed by atoms with Crippen LogP contribution < -0.4 is 9.80 Å². The van der Waals surface area contributed by atoms with Gasteiger partial charge in [-0.3, -0.25) is 0 Å². The molecule has 0 aliphatic carbocycles. The van der Waals surface area contributed by atoms with E-state index in [1.165, 1.54) is 0 Å². The second-order valence-electron chi connectivity index (χ2n) is 15.1. The van der Waals surface area contributed by atoms with Gasteiger partial charge >= 0.3 is 0 Å². The molecule has 12 rings (SSSR count). The number of para-hydroxylation sites is 3. The van der Waals surface area contributed by atoms with Gasteiger partial charge in [0.05, 0.1) is 22.4 Å². The zero-order chi connectivity index (χ0) is 40.3. The number of furan rings is 2. The highest BCUT2D eigenvalue weighted by Gasteiger charge is 2.26. The van der Waals surface area contributed by atoms with Gasteiger partial charge in [-0.1, -0.05) is 121 Å². The van der Waals surface area contributed by atoms with Crippen molar-refractivity contribution in [3.63, 3.8) is 0 Å². The molecule has 0 aliphatic rings. The van der Waals surface area contributed by atoms with Crippen molar-refractivity contribution >= 4 is 89.1 Å². The number of benzene rings is 9. The quantitative estimate of drug-likeness (QED) is 0.153. The summed E-state index contributed by atoms with van der Waals surface area (Å²) in [5.74, 6) is 0.539. The fourth-order valence-corrected chi connectivity index (χ4v) is 8.68. The molecule has 0 spiro atoms. The minimum Gasteiger partial charge on any atom is -0.456 e. The van der Waals surface area contributed by atoms with Crippen molar-refractivity contribution in [3.8, 4) is 22.6 Å². The van der Waals surface area contributed by atoms with Crippen LogP contribution in [0.15, 0.2) is 226 Å². The lowest BCUT2D eigenvalue weighted by Crippen LogP contribution is -2.14. The Morgan fingerprint density at radius 3 is 1.69 bits per heavy atom. The van der Waals surface area contributed by atoms with Gasteiger partial charge < -0.3 is 23.1 Å². The third-order valence-corrected chi connectivity index (χ3v) is 11.4. The van der Waals surface area contributed by atoms with E-state index in [1.54, 1.807) is 0 Å². The first-order valence-corrected chi connectivity index (χ1v) is 20.4. The fourth-order valence-electron chi connectivity index (χ4n) is 8.68. The number of hydrogen-bond acceptors (Lipinski definition) is 6. The Hall–Kier alpha value is -8.35. The third kappa shape index (κ3) is 5.92. The van der Waals surface area contributed by atoms with E-state index in [-0.39, 0.29) is 0 Å². The van der Waals surface area contributed by atoms with Gasteiger partial charge in [0.2, 0.25) is 5.89 Å². The minimum atomic E-state index is 0.539. The number of hydrogen-bond donors (Lipinski definition) is 0. The van der Waals surface area contributed by atoms with Gasteiger partial charge in [0.25, 0.3) is 0 Å². The predicted molar refractivity (Wildman–Crippen MR) is 249 cm³/mol. The SMILES string of the molecule is c1ccc(-c2cccc(N(c3ccc4oc5ccccc5c4c3)c3cc(N(c4ccccc4)c4cccc5oc6ccccc6c45)cc4oc(-c5ccccc5)nc34)c2)cc1. The predicted octanol–water partition coefficient (Wildman–Crippen LogP) is 15.9. The lowest BCUT2D eigenvalue weighted by atomic mass is 10.0. The summed E-state index contributed by atoms with van der Waals surface area (Å²) in [4.78, 5) is 9.90. The minimum absolute atomic E-state index is 0.539. The van der Waals surface area contributed by atoms with Crippen LogP contribution in [-0.2, 0) is 0 Å². The number of rotatable bonds is 8. The normalized spacial score (nSPS) is 11.6. The standard InChI is InChI=1S/C55H35N3O3/c1-4-16-36(17-5-1)38-20-14-23-40(32-38)58(41-30-31-50-45(33-41)43-24-10-12-27-48(43)59-50)47-34-42(35-52-54(47)56-55(61-52)37-18-6-2-7-19-37)57(39-21-8-3-9-22-39)46-26-15-29-51-53(46)44-25-11-13-28-49(44)60-51/h1-35H. The maximum absolute atomic E-state index is 6.83. The first-order chi connectivity index (χ1) is 30.2. The molecule has 288 valence electrons. The molecule has 0 radical (unpaired) electrons. The van der Waals surface area contributed by atoms with E-state index < -0.39 is 0 Å². The van der Waals surface area contributed by atoms with Gasteiger partial charge in [0.15, 0.2) is 5.58 Å². The third-order valence-electron chi connectivity index (χ3n) is 11.4. The molecule has 6 nitrogen and oxygen atoms in total. The van der Waals surface area contributed by atoms with Crippen molar-refractivity contribution in [1.29, 1.82) is 0 Å². The van der Waals surface area contributed by atoms with Crippen LogP contribution >= 0.6 is 0 Å². The summed E-state index contributed by atoms with van der Waals surface area (Å²) in [7, 11) is 0. The topological polar surface area (TPSA) is 58.8 Å². The van der Waals surface area contributed by atoms with E-state index in [1.807, 2.05) is 72.8 Å². The van der Waals surface area contributed by atoms with Crippen LogP contribution in [0.4, 0.5) is 34.1 Å². The summed E-state index contributed by atoms with van der Waals surface area (Å²) in [5.41, 5.74) is 13.4. The van der Waals surface area contributed by atoms with Crippen molar-refractivity contribution in [2.24, 2.45) is 0 Å². The van der Waals surface area contributed by atoms with Gasteiger partial charge in [0.1, 0.15) is 27.8 Å². The van der Waals surface area contributed by atoms with Gasteiger partial charge in [-0.05, 0) is 96.1 Å². The molecule has 0 unspecified atom stereocenters. The highest BCUT2D eigenvalue weighted by Crippen LogP contribution is 2.48. The summed E-state index contributed by atoms with van der Waals surface area (Å²) in [6, 6.07) is 73.2. The molecular weight excluding hydrogens is 751 g/mol. The summed E-state index contributed by atoms with van der Waals surface area (Å²) in [6.07, 6.45) is 0. The molecule has 3 heterocycles. The van der Waals surface area contributed by atoms with E-state index in [4.69, 9.17) is 18.2 Å². The zero-order valence-corrected chi connectivity index (χ0v) is 32.8. The van der Waals surface area contributed by atoms with Crippen LogP contribution in [0, 0.1) is 0 Å². The summed E-state index contributed by atoms with van der Waals surface area (Å²) in [6.45, 7) is 0. The summed E-state index contributed by atoms with van der Waals surface area (Å²) < 4.78 is 19.6. The molecule has 0 bridgehead atoms. The average molecular weight is 786 g/mol. The van der Waals surface area contributed by atoms with E-state index in [0.29, 0.717) is 11.5 Å². The summed E-state index contributed by atoms with van der Waals surface area (Å²) >= 11 is 0. The molecule has 0 saturated carbocycles. The Morgan fingerprint density at radius 2 is 0.885 bits per heavy atom. The van der Waals surface area contributed by atoms with Crippen LogP contribution in [0.25, 0.3) is 77.6 Å². The smallest absolute Gasteiger partial charge is 0.227 e. The molecule has 0 amide bonds. The molecule has 9 aromatic carbocycles. The second-order valence-corrected chi connectivity index (χ2v) is 15.1.